The first-order valence-corrected chi connectivity index (χ1v) is 5.23. The molecule has 2 nitrogen and oxygen atoms in total. The van der Waals surface area contributed by atoms with Gasteiger partial charge in [0.15, 0.2) is 0 Å². The van der Waals surface area contributed by atoms with E-state index < -0.39 is 0 Å². The summed E-state index contributed by atoms with van der Waals surface area (Å²) < 4.78 is 0. The van der Waals surface area contributed by atoms with Crippen molar-refractivity contribution < 1.29 is 0 Å². The molecule has 1 aromatic carbocycles. The second-order valence-electron chi connectivity index (χ2n) is 3.97. The average Bonchev–Trinajstić information content (AvgIpc) is 2.51. The molecular weight excluding hydrogens is 172 g/mol. The van der Waals surface area contributed by atoms with E-state index in [0.717, 1.165) is 13.1 Å². The molecule has 72 valence electrons. The molecule has 0 aliphatic carbocycles. The fourth-order valence-electron chi connectivity index (χ4n) is 2.22. The van der Waals surface area contributed by atoms with Gasteiger partial charge in [0.05, 0.1) is 0 Å². The Hall–Kier alpha value is -1.28. The van der Waals surface area contributed by atoms with Gasteiger partial charge >= 0.3 is 0 Å². The topological polar surface area (TPSA) is 27.8 Å². The highest BCUT2D eigenvalue weighted by molar-refractivity contribution is 5.81. The molecule has 3 rings (SSSR count). The molecule has 0 amide bonds. The number of benzene rings is 1. The van der Waals surface area contributed by atoms with E-state index in [0.29, 0.717) is 0 Å². The van der Waals surface area contributed by atoms with Gasteiger partial charge in [0.25, 0.3) is 0 Å². The van der Waals surface area contributed by atoms with Crippen LogP contribution in [0.3, 0.4) is 0 Å². The minimum atomic E-state index is 1.02. The second-order valence-corrected chi connectivity index (χ2v) is 3.97. The van der Waals surface area contributed by atoms with Crippen LogP contribution in [0.15, 0.2) is 24.4 Å². The zero-order chi connectivity index (χ0) is 9.38. The summed E-state index contributed by atoms with van der Waals surface area (Å²) in [5.41, 5.74) is 4.23. The van der Waals surface area contributed by atoms with E-state index in [9.17, 15) is 0 Å². The molecule has 1 aliphatic rings. The number of H-pyrrole nitrogens is 1. The molecule has 0 atom stereocenters. The van der Waals surface area contributed by atoms with E-state index in [1.165, 1.54) is 34.9 Å². The highest BCUT2D eigenvalue weighted by Gasteiger charge is 2.08. The van der Waals surface area contributed by atoms with E-state index in [1.807, 2.05) is 6.20 Å². The van der Waals surface area contributed by atoms with Gasteiger partial charge in [-0.15, -0.1) is 0 Å². The lowest BCUT2D eigenvalue weighted by Crippen LogP contribution is -2.11. The number of rotatable bonds is 0. The number of nitrogens with one attached hydrogen (secondary N) is 2. The monoisotopic (exact) mass is 186 g/mol. The summed E-state index contributed by atoms with van der Waals surface area (Å²) in [6.07, 6.45) is 4.48. The molecule has 2 N–H and O–H groups in total. The predicted molar refractivity (Wildman–Crippen MR) is 58.3 cm³/mol. The minimum absolute atomic E-state index is 1.02. The van der Waals surface area contributed by atoms with Crippen LogP contribution in [-0.2, 0) is 13.0 Å². The zero-order valence-electron chi connectivity index (χ0n) is 8.14. The van der Waals surface area contributed by atoms with Gasteiger partial charge in [-0.2, -0.15) is 0 Å². The Morgan fingerprint density at radius 2 is 2.14 bits per heavy atom. The fourth-order valence-corrected chi connectivity index (χ4v) is 2.22. The van der Waals surface area contributed by atoms with Gasteiger partial charge in [-0.1, -0.05) is 0 Å². The molecule has 2 aromatic rings. The van der Waals surface area contributed by atoms with Crippen molar-refractivity contribution >= 4 is 10.9 Å². The van der Waals surface area contributed by atoms with Gasteiger partial charge in [0.1, 0.15) is 0 Å². The van der Waals surface area contributed by atoms with Crippen LogP contribution in [-0.4, -0.2) is 11.5 Å². The molecule has 0 spiro atoms. The summed E-state index contributed by atoms with van der Waals surface area (Å²) in [4.78, 5) is 3.26. The summed E-state index contributed by atoms with van der Waals surface area (Å²) in [5.74, 6) is 0. The van der Waals surface area contributed by atoms with E-state index >= 15 is 0 Å². The van der Waals surface area contributed by atoms with E-state index in [2.05, 4.69) is 28.5 Å². The summed E-state index contributed by atoms with van der Waals surface area (Å²) in [7, 11) is 0. The van der Waals surface area contributed by atoms with Gasteiger partial charge in [0.2, 0.25) is 0 Å². The van der Waals surface area contributed by atoms with Crippen LogP contribution >= 0.6 is 0 Å². The highest BCUT2D eigenvalue weighted by Crippen LogP contribution is 2.21. The van der Waals surface area contributed by atoms with Gasteiger partial charge in [-0.3, -0.25) is 0 Å². The van der Waals surface area contributed by atoms with Gasteiger partial charge in [-0.05, 0) is 54.1 Å². The van der Waals surface area contributed by atoms with Gasteiger partial charge in [-0.25, -0.2) is 0 Å². The number of aromatic nitrogens is 1. The molecule has 0 saturated carbocycles. The Morgan fingerprint density at radius 1 is 1.14 bits per heavy atom. The largest absolute Gasteiger partial charge is 0.361 e. The molecular formula is C12H14N2. The number of aryl methyl sites for hydroxylation is 1. The fraction of sp³-hybridized carbons (Fsp3) is 0.333. The normalized spacial score (nSPS) is 16.6. The highest BCUT2D eigenvalue weighted by atomic mass is 14.8. The molecule has 0 unspecified atom stereocenters. The number of hydrogen-bond donors (Lipinski definition) is 2. The SMILES string of the molecule is c1cc2cc3c(cc2[nH]1)CNCCC3. The lowest BCUT2D eigenvalue weighted by atomic mass is 10.0. The summed E-state index contributed by atoms with van der Waals surface area (Å²) in [6, 6.07) is 6.76. The van der Waals surface area contributed by atoms with Gasteiger partial charge < -0.3 is 10.3 Å². The lowest BCUT2D eigenvalue weighted by Gasteiger charge is -2.05. The van der Waals surface area contributed by atoms with Crippen LogP contribution < -0.4 is 5.32 Å². The Bertz CT molecular complexity index is 416. The third kappa shape index (κ3) is 1.23. The first-order valence-electron chi connectivity index (χ1n) is 5.23. The van der Waals surface area contributed by atoms with Crippen molar-refractivity contribution in [1.29, 1.82) is 0 Å². The molecule has 2 heteroatoms. The second kappa shape index (κ2) is 3.14. The van der Waals surface area contributed by atoms with Crippen molar-refractivity contribution in [2.45, 2.75) is 19.4 Å². The molecule has 0 radical (unpaired) electrons. The maximum Gasteiger partial charge on any atom is 0.0457 e. The molecule has 1 aromatic heterocycles. The molecule has 0 bridgehead atoms. The standard InChI is InChI=1S/C12H14N2/c1-2-9-6-10-3-5-14-12(10)7-11(9)8-13-4-1/h3,5-7,13-14H,1-2,4,8H2. The number of fused-ring (bicyclic) bond motifs is 2. The third-order valence-corrected chi connectivity index (χ3v) is 2.99. The average molecular weight is 186 g/mol. The first-order chi connectivity index (χ1) is 6.93. The number of hydrogen-bond acceptors (Lipinski definition) is 1. The Kier molecular flexibility index (Phi) is 1.81. The van der Waals surface area contributed by atoms with Crippen molar-refractivity contribution in [1.82, 2.24) is 10.3 Å². The Labute approximate surface area is 83.3 Å². The van der Waals surface area contributed by atoms with Crippen molar-refractivity contribution in [3.05, 3.63) is 35.5 Å². The zero-order valence-corrected chi connectivity index (χ0v) is 8.14. The maximum atomic E-state index is 3.45. The first kappa shape index (κ1) is 8.06. The van der Waals surface area contributed by atoms with E-state index in [-0.39, 0.29) is 0 Å². The molecule has 14 heavy (non-hydrogen) atoms. The van der Waals surface area contributed by atoms with Crippen LogP contribution in [0.25, 0.3) is 10.9 Å². The quantitative estimate of drug-likeness (QED) is 0.648. The molecule has 1 aliphatic heterocycles. The van der Waals surface area contributed by atoms with Crippen molar-refractivity contribution in [2.75, 3.05) is 6.54 Å². The Morgan fingerprint density at radius 3 is 3.14 bits per heavy atom. The summed E-state index contributed by atoms with van der Waals surface area (Å²) in [5, 5.41) is 4.78. The third-order valence-electron chi connectivity index (χ3n) is 2.99. The summed E-state index contributed by atoms with van der Waals surface area (Å²) in [6.45, 7) is 2.16. The number of aromatic amines is 1. The van der Waals surface area contributed by atoms with Crippen LogP contribution in [0, 0.1) is 0 Å². The van der Waals surface area contributed by atoms with E-state index in [1.54, 1.807) is 0 Å². The van der Waals surface area contributed by atoms with Crippen LogP contribution in [0.5, 0.6) is 0 Å². The van der Waals surface area contributed by atoms with Gasteiger partial charge in [0, 0.05) is 18.3 Å². The van der Waals surface area contributed by atoms with Crippen molar-refractivity contribution in [3.8, 4) is 0 Å². The minimum Gasteiger partial charge on any atom is -0.361 e. The molecule has 2 heterocycles. The van der Waals surface area contributed by atoms with E-state index in [4.69, 9.17) is 0 Å². The van der Waals surface area contributed by atoms with Crippen molar-refractivity contribution in [3.63, 3.8) is 0 Å². The Balaban J connectivity index is 2.19. The van der Waals surface area contributed by atoms with Crippen molar-refractivity contribution in [2.24, 2.45) is 0 Å². The molecule has 0 saturated heterocycles. The summed E-state index contributed by atoms with van der Waals surface area (Å²) >= 11 is 0. The predicted octanol–water partition coefficient (Wildman–Crippen LogP) is 2.20. The molecule has 0 fully saturated rings. The van der Waals surface area contributed by atoms with Crippen LogP contribution in [0.2, 0.25) is 0 Å². The van der Waals surface area contributed by atoms with Crippen LogP contribution in [0.4, 0.5) is 0 Å². The maximum absolute atomic E-state index is 3.45. The lowest BCUT2D eigenvalue weighted by molar-refractivity contribution is 0.681. The van der Waals surface area contributed by atoms with Crippen LogP contribution in [0.1, 0.15) is 17.5 Å². The smallest absolute Gasteiger partial charge is 0.0457 e.